The van der Waals surface area contributed by atoms with Gasteiger partial charge < -0.3 is 5.32 Å². The minimum absolute atomic E-state index is 0.0395. The second-order valence-electron chi connectivity index (χ2n) is 4.66. The summed E-state index contributed by atoms with van der Waals surface area (Å²) in [6.07, 6.45) is 2.94. The third-order valence-corrected chi connectivity index (χ3v) is 3.75. The summed E-state index contributed by atoms with van der Waals surface area (Å²) in [5.74, 6) is 0.603. The molecule has 4 nitrogen and oxygen atoms in total. The second-order valence-corrected chi connectivity index (χ2v) is 4.66. The number of hydrogen-bond donors (Lipinski definition) is 1. The summed E-state index contributed by atoms with van der Waals surface area (Å²) in [4.78, 5) is 18.1. The summed E-state index contributed by atoms with van der Waals surface area (Å²) in [5.41, 5.74) is 2.23. The molecule has 0 saturated carbocycles. The zero-order valence-electron chi connectivity index (χ0n) is 9.47. The largest absolute Gasteiger partial charge is 0.368 e. The number of aromatic nitrogens is 1. The fourth-order valence-electron chi connectivity index (χ4n) is 2.92. The van der Waals surface area contributed by atoms with Crippen molar-refractivity contribution in [2.45, 2.75) is 31.5 Å². The van der Waals surface area contributed by atoms with Gasteiger partial charge in [-0.1, -0.05) is 0 Å². The molecule has 3 atom stereocenters. The van der Waals surface area contributed by atoms with Gasteiger partial charge >= 0.3 is 0 Å². The maximum atomic E-state index is 11.5. The highest BCUT2D eigenvalue weighted by atomic mass is 16.1. The summed E-state index contributed by atoms with van der Waals surface area (Å²) in [7, 11) is 2.01. The number of rotatable bonds is 1. The van der Waals surface area contributed by atoms with Crippen molar-refractivity contribution in [3.63, 3.8) is 0 Å². The Morgan fingerprint density at radius 3 is 3.19 bits per heavy atom. The Balaban J connectivity index is 1.96. The number of ketones is 1. The smallest absolute Gasteiger partial charge is 0.146 e. The van der Waals surface area contributed by atoms with Crippen molar-refractivity contribution in [1.82, 2.24) is 9.88 Å². The Labute approximate surface area is 94.7 Å². The van der Waals surface area contributed by atoms with E-state index in [9.17, 15) is 4.79 Å². The molecule has 4 heteroatoms. The van der Waals surface area contributed by atoms with E-state index in [0.29, 0.717) is 5.92 Å². The minimum atomic E-state index is 0.0395. The quantitative estimate of drug-likeness (QED) is 0.768. The first kappa shape index (κ1) is 9.78. The van der Waals surface area contributed by atoms with Gasteiger partial charge in [0.15, 0.2) is 0 Å². The van der Waals surface area contributed by atoms with E-state index in [1.54, 1.807) is 6.92 Å². The molecule has 1 saturated heterocycles. The van der Waals surface area contributed by atoms with E-state index in [2.05, 4.69) is 21.3 Å². The zero-order valence-corrected chi connectivity index (χ0v) is 9.47. The van der Waals surface area contributed by atoms with Crippen LogP contribution in [0.3, 0.4) is 0 Å². The van der Waals surface area contributed by atoms with Crippen molar-refractivity contribution in [3.8, 4) is 0 Å². The van der Waals surface area contributed by atoms with Gasteiger partial charge in [-0.05, 0) is 32.5 Å². The average Bonchev–Trinajstić information content (AvgIpc) is 2.76. The van der Waals surface area contributed by atoms with Crippen LogP contribution in [-0.2, 0) is 4.79 Å². The molecule has 0 aromatic carbocycles. The van der Waals surface area contributed by atoms with Crippen LogP contribution < -0.4 is 5.32 Å². The molecule has 1 fully saturated rings. The lowest BCUT2D eigenvalue weighted by Gasteiger charge is -2.23. The van der Waals surface area contributed by atoms with Gasteiger partial charge in [0, 0.05) is 12.1 Å². The number of pyridine rings is 1. The highest BCUT2D eigenvalue weighted by Crippen LogP contribution is 2.44. The average molecular weight is 217 g/mol. The maximum Gasteiger partial charge on any atom is 0.146 e. The van der Waals surface area contributed by atoms with Crippen LogP contribution in [0.4, 0.5) is 5.69 Å². The fourth-order valence-corrected chi connectivity index (χ4v) is 2.92. The molecule has 3 heterocycles. The van der Waals surface area contributed by atoms with Crippen molar-refractivity contribution in [2.75, 3.05) is 12.4 Å². The molecular formula is C12H15N3O. The van der Waals surface area contributed by atoms with E-state index in [1.807, 2.05) is 19.3 Å². The summed E-state index contributed by atoms with van der Waals surface area (Å²) >= 11 is 0. The van der Waals surface area contributed by atoms with Gasteiger partial charge in [-0.25, -0.2) is 0 Å². The van der Waals surface area contributed by atoms with Gasteiger partial charge in [0.1, 0.15) is 5.78 Å². The predicted octanol–water partition coefficient (Wildman–Crippen LogP) is 1.21. The second kappa shape index (κ2) is 3.28. The molecule has 2 aliphatic rings. The Hall–Kier alpha value is -1.42. The molecule has 0 radical (unpaired) electrons. The van der Waals surface area contributed by atoms with Gasteiger partial charge in [0.05, 0.1) is 23.6 Å². The highest BCUT2D eigenvalue weighted by molar-refractivity contribution is 5.82. The van der Waals surface area contributed by atoms with E-state index in [0.717, 1.165) is 17.8 Å². The van der Waals surface area contributed by atoms with Crippen LogP contribution in [0.25, 0.3) is 0 Å². The molecule has 1 N–H and O–H groups in total. The summed E-state index contributed by atoms with van der Waals surface area (Å²) in [6.45, 7) is 1.67. The van der Waals surface area contributed by atoms with E-state index in [-0.39, 0.29) is 18.0 Å². The fraction of sp³-hybridized carbons (Fsp3) is 0.500. The molecular weight excluding hydrogens is 202 g/mol. The van der Waals surface area contributed by atoms with Crippen LogP contribution in [0.1, 0.15) is 25.0 Å². The monoisotopic (exact) mass is 217 g/mol. The first-order valence-corrected chi connectivity index (χ1v) is 5.62. The van der Waals surface area contributed by atoms with Crippen LogP contribution in [0.5, 0.6) is 0 Å². The molecule has 1 aromatic heterocycles. The Kier molecular flexibility index (Phi) is 2.01. The van der Waals surface area contributed by atoms with E-state index < -0.39 is 0 Å². The van der Waals surface area contributed by atoms with Crippen LogP contribution in [0, 0.1) is 0 Å². The van der Waals surface area contributed by atoms with Gasteiger partial charge in [0.25, 0.3) is 0 Å². The van der Waals surface area contributed by atoms with E-state index in [4.69, 9.17) is 0 Å². The van der Waals surface area contributed by atoms with Gasteiger partial charge in [-0.15, -0.1) is 0 Å². The number of likely N-dealkylation sites (N-methyl/N-ethyl adjacent to an activating group) is 1. The van der Waals surface area contributed by atoms with Crippen LogP contribution >= 0.6 is 0 Å². The predicted molar refractivity (Wildman–Crippen MR) is 61.2 cm³/mol. The Morgan fingerprint density at radius 1 is 1.62 bits per heavy atom. The number of nitrogens with one attached hydrogen (secondary N) is 1. The SMILES string of the molecule is CC(=O)C1CC2c3ncccc3NC2N1C. The van der Waals surface area contributed by atoms with Crippen molar-refractivity contribution in [3.05, 3.63) is 24.0 Å². The van der Waals surface area contributed by atoms with E-state index >= 15 is 0 Å². The van der Waals surface area contributed by atoms with E-state index in [1.165, 1.54) is 0 Å². The number of nitrogens with zero attached hydrogens (tertiary/aromatic N) is 2. The normalized spacial score (nSPS) is 32.0. The first-order valence-electron chi connectivity index (χ1n) is 5.62. The van der Waals surface area contributed by atoms with Crippen molar-refractivity contribution in [1.29, 1.82) is 0 Å². The van der Waals surface area contributed by atoms with Gasteiger partial charge in [0.2, 0.25) is 0 Å². The van der Waals surface area contributed by atoms with Crippen molar-refractivity contribution < 1.29 is 4.79 Å². The topological polar surface area (TPSA) is 45.2 Å². The summed E-state index contributed by atoms with van der Waals surface area (Å²) in [6, 6.07) is 4.03. The third-order valence-electron chi connectivity index (χ3n) is 3.75. The highest BCUT2D eigenvalue weighted by Gasteiger charge is 2.46. The summed E-state index contributed by atoms with van der Waals surface area (Å²) < 4.78 is 0. The van der Waals surface area contributed by atoms with Crippen molar-refractivity contribution in [2.24, 2.45) is 0 Å². The lowest BCUT2D eigenvalue weighted by Crippen LogP contribution is -2.39. The molecule has 1 aromatic rings. The molecule has 3 unspecified atom stereocenters. The van der Waals surface area contributed by atoms with Gasteiger partial charge in [-0.3, -0.25) is 14.7 Å². The van der Waals surface area contributed by atoms with Crippen LogP contribution in [0.2, 0.25) is 0 Å². The third kappa shape index (κ3) is 1.19. The Bertz CT molecular complexity index is 446. The lowest BCUT2D eigenvalue weighted by molar-refractivity contribution is -0.121. The molecule has 16 heavy (non-hydrogen) atoms. The molecule has 0 amide bonds. The number of fused-ring (bicyclic) bond motifs is 3. The number of carbonyl (C=O) groups is 1. The number of carbonyl (C=O) groups excluding carboxylic acids is 1. The molecule has 0 aliphatic carbocycles. The molecule has 0 bridgehead atoms. The molecule has 2 aliphatic heterocycles. The summed E-state index contributed by atoms with van der Waals surface area (Å²) in [5, 5.41) is 3.44. The molecule has 0 spiro atoms. The minimum Gasteiger partial charge on any atom is -0.368 e. The lowest BCUT2D eigenvalue weighted by atomic mass is 10.00. The standard InChI is InChI=1S/C12H15N3O/c1-7(16)10-6-8-11-9(4-3-5-13-11)14-12(8)15(10)2/h3-5,8,10,12,14H,6H2,1-2H3. The number of likely N-dealkylation sites (tertiary alicyclic amines) is 1. The number of Topliss-reactive ketones (excluding diaryl/α,β-unsaturated/α-hetero) is 1. The van der Waals surface area contributed by atoms with Crippen molar-refractivity contribution >= 4 is 11.5 Å². The van der Waals surface area contributed by atoms with Crippen LogP contribution in [0.15, 0.2) is 18.3 Å². The zero-order chi connectivity index (χ0) is 11.3. The van der Waals surface area contributed by atoms with Crippen LogP contribution in [-0.4, -0.2) is 34.9 Å². The number of anilines is 1. The molecule has 3 rings (SSSR count). The molecule has 84 valence electrons. The van der Waals surface area contributed by atoms with Gasteiger partial charge in [-0.2, -0.15) is 0 Å². The first-order chi connectivity index (χ1) is 7.68. The maximum absolute atomic E-state index is 11.5. The Morgan fingerprint density at radius 2 is 2.44 bits per heavy atom. The number of hydrogen-bond acceptors (Lipinski definition) is 4.